The van der Waals surface area contributed by atoms with Gasteiger partial charge in [0.05, 0.1) is 34.4 Å². The molecule has 1 fully saturated rings. The summed E-state index contributed by atoms with van der Waals surface area (Å²) >= 11 is 0. The van der Waals surface area contributed by atoms with Crippen LogP contribution in [0.15, 0.2) is 48.8 Å². The molecule has 1 aromatic carbocycles. The molecule has 1 aliphatic heterocycles. The maximum absolute atomic E-state index is 12.9. The number of carbonyl (C=O) groups excluding carboxylic acids is 1. The standard InChI is InChI=1S/C26H30N6O2/c1-18-29-20-8-6-19(15-22(20)30-18)7-9-24(33)31(2)16-26(34)11-4-14-32(17-26)23-10-13-27-21-5-3-12-28-25(21)23/h3,5-6,8,10,12-13,15,34H,4,7,9,11,14,16-17H2,1-2H3,(H,29,30). The van der Waals surface area contributed by atoms with E-state index >= 15 is 0 Å². The molecule has 1 saturated heterocycles. The van der Waals surface area contributed by atoms with Gasteiger partial charge in [0.1, 0.15) is 11.3 Å². The lowest BCUT2D eigenvalue weighted by Crippen LogP contribution is -2.54. The highest BCUT2D eigenvalue weighted by Crippen LogP contribution is 2.30. The summed E-state index contributed by atoms with van der Waals surface area (Å²) in [6.07, 6.45) is 6.10. The number of imidazole rings is 1. The molecular formula is C26H30N6O2. The minimum absolute atomic E-state index is 0.0301. The first-order chi connectivity index (χ1) is 16.4. The monoisotopic (exact) mass is 458 g/mol. The number of likely N-dealkylation sites (N-methyl/N-ethyl adjacent to an activating group) is 1. The second-order valence-electron chi connectivity index (χ2n) is 9.37. The third-order valence-corrected chi connectivity index (χ3v) is 6.62. The van der Waals surface area contributed by atoms with E-state index in [4.69, 9.17) is 0 Å². The van der Waals surface area contributed by atoms with Gasteiger partial charge in [0.25, 0.3) is 0 Å². The molecule has 4 heterocycles. The van der Waals surface area contributed by atoms with Crippen molar-refractivity contribution in [3.8, 4) is 0 Å². The molecule has 1 atom stereocenters. The Labute approximate surface area is 198 Å². The smallest absolute Gasteiger partial charge is 0.222 e. The summed E-state index contributed by atoms with van der Waals surface area (Å²) in [6, 6.07) is 11.8. The van der Waals surface area contributed by atoms with Gasteiger partial charge in [0, 0.05) is 39.0 Å². The zero-order valence-corrected chi connectivity index (χ0v) is 19.7. The van der Waals surface area contributed by atoms with E-state index in [2.05, 4.69) is 30.9 Å². The van der Waals surface area contributed by atoms with E-state index in [1.807, 2.05) is 37.3 Å². The largest absolute Gasteiger partial charge is 0.386 e. The van der Waals surface area contributed by atoms with Gasteiger partial charge in [-0.25, -0.2) is 4.98 Å². The van der Waals surface area contributed by atoms with E-state index in [1.54, 1.807) is 24.3 Å². The number of nitrogens with zero attached hydrogens (tertiary/aromatic N) is 5. The zero-order valence-electron chi connectivity index (χ0n) is 19.7. The van der Waals surface area contributed by atoms with Gasteiger partial charge in [0.15, 0.2) is 0 Å². The van der Waals surface area contributed by atoms with Crippen molar-refractivity contribution in [2.45, 2.75) is 38.2 Å². The number of carbonyl (C=O) groups is 1. The molecule has 0 radical (unpaired) electrons. The number of aromatic amines is 1. The minimum Gasteiger partial charge on any atom is -0.386 e. The van der Waals surface area contributed by atoms with Gasteiger partial charge in [-0.2, -0.15) is 0 Å². The quantitative estimate of drug-likeness (QED) is 0.460. The van der Waals surface area contributed by atoms with Gasteiger partial charge >= 0.3 is 0 Å². The summed E-state index contributed by atoms with van der Waals surface area (Å²) in [5.74, 6) is 0.913. The molecule has 1 amide bonds. The van der Waals surface area contributed by atoms with Crippen LogP contribution >= 0.6 is 0 Å². The van der Waals surface area contributed by atoms with Crippen LogP contribution in [0.5, 0.6) is 0 Å². The average Bonchev–Trinajstić information content (AvgIpc) is 3.21. The van der Waals surface area contributed by atoms with Crippen LogP contribution in [-0.4, -0.2) is 68.1 Å². The third kappa shape index (κ3) is 4.59. The molecule has 176 valence electrons. The lowest BCUT2D eigenvalue weighted by Gasteiger charge is -2.42. The summed E-state index contributed by atoms with van der Waals surface area (Å²) in [5, 5.41) is 11.4. The Balaban J connectivity index is 1.23. The van der Waals surface area contributed by atoms with Crippen LogP contribution in [0, 0.1) is 6.92 Å². The Bertz CT molecular complexity index is 1330. The highest BCUT2D eigenvalue weighted by Gasteiger charge is 2.36. The zero-order chi connectivity index (χ0) is 23.7. The SMILES string of the molecule is Cc1nc2ccc(CCC(=O)N(C)CC3(O)CCCN(c4ccnc5cccnc45)C3)cc2[nH]1. The van der Waals surface area contributed by atoms with Crippen molar-refractivity contribution in [2.24, 2.45) is 0 Å². The first-order valence-electron chi connectivity index (χ1n) is 11.8. The Morgan fingerprint density at radius 1 is 1.21 bits per heavy atom. The van der Waals surface area contributed by atoms with E-state index in [0.717, 1.165) is 52.1 Å². The van der Waals surface area contributed by atoms with Crippen molar-refractivity contribution in [1.82, 2.24) is 24.8 Å². The fraction of sp³-hybridized carbons (Fsp3) is 0.385. The van der Waals surface area contributed by atoms with Crippen LogP contribution in [0.25, 0.3) is 22.1 Å². The molecule has 0 bridgehead atoms. The summed E-state index contributed by atoms with van der Waals surface area (Å²) in [4.78, 5) is 33.3. The Morgan fingerprint density at radius 2 is 2.09 bits per heavy atom. The number of aliphatic hydroxyl groups is 1. The maximum Gasteiger partial charge on any atom is 0.222 e. The number of H-pyrrole nitrogens is 1. The number of anilines is 1. The van der Waals surface area contributed by atoms with Crippen LogP contribution in [-0.2, 0) is 11.2 Å². The highest BCUT2D eigenvalue weighted by molar-refractivity contribution is 5.87. The van der Waals surface area contributed by atoms with E-state index in [0.29, 0.717) is 32.4 Å². The summed E-state index contributed by atoms with van der Waals surface area (Å²) in [5.41, 5.74) is 4.70. The number of aromatic nitrogens is 4. The van der Waals surface area contributed by atoms with Crippen LogP contribution in [0.2, 0.25) is 0 Å². The number of piperidine rings is 1. The molecule has 4 aromatic rings. The fourth-order valence-electron chi connectivity index (χ4n) is 4.98. The van der Waals surface area contributed by atoms with E-state index < -0.39 is 5.60 Å². The number of amides is 1. The molecule has 34 heavy (non-hydrogen) atoms. The minimum atomic E-state index is -0.973. The van der Waals surface area contributed by atoms with Crippen molar-refractivity contribution in [3.63, 3.8) is 0 Å². The Hall–Kier alpha value is -3.52. The van der Waals surface area contributed by atoms with Crippen LogP contribution in [0.1, 0.15) is 30.7 Å². The third-order valence-electron chi connectivity index (χ3n) is 6.62. The fourth-order valence-corrected chi connectivity index (χ4v) is 4.98. The van der Waals surface area contributed by atoms with Gasteiger partial charge < -0.3 is 19.9 Å². The second kappa shape index (κ2) is 9.02. The van der Waals surface area contributed by atoms with Gasteiger partial charge in [-0.3, -0.25) is 14.8 Å². The highest BCUT2D eigenvalue weighted by atomic mass is 16.3. The second-order valence-corrected chi connectivity index (χ2v) is 9.37. The lowest BCUT2D eigenvalue weighted by molar-refractivity contribution is -0.133. The number of β-amino-alcohol motifs (C(OH)–C–C–N with tert-alkyl or cyclic N) is 1. The Kier molecular flexibility index (Phi) is 5.91. The molecular weight excluding hydrogens is 428 g/mol. The first-order valence-corrected chi connectivity index (χ1v) is 11.8. The first kappa shape index (κ1) is 22.3. The molecule has 3 aromatic heterocycles. The van der Waals surface area contributed by atoms with Crippen molar-refractivity contribution in [3.05, 3.63) is 60.2 Å². The van der Waals surface area contributed by atoms with Gasteiger partial charge in [-0.1, -0.05) is 6.07 Å². The van der Waals surface area contributed by atoms with Gasteiger partial charge in [-0.15, -0.1) is 0 Å². The molecule has 1 unspecified atom stereocenters. The topological polar surface area (TPSA) is 98.2 Å². The lowest BCUT2D eigenvalue weighted by atomic mass is 9.91. The predicted octanol–water partition coefficient (Wildman–Crippen LogP) is 3.24. The molecule has 0 saturated carbocycles. The molecule has 1 aliphatic rings. The predicted molar refractivity (Wildman–Crippen MR) is 133 cm³/mol. The number of rotatable bonds is 6. The van der Waals surface area contributed by atoms with E-state index in [-0.39, 0.29) is 5.91 Å². The van der Waals surface area contributed by atoms with Gasteiger partial charge in [-0.05, 0) is 62.1 Å². The molecule has 0 aliphatic carbocycles. The number of fused-ring (bicyclic) bond motifs is 2. The van der Waals surface area contributed by atoms with Crippen molar-refractivity contribution in [2.75, 3.05) is 31.6 Å². The van der Waals surface area contributed by atoms with Crippen molar-refractivity contribution >= 4 is 33.7 Å². The van der Waals surface area contributed by atoms with Gasteiger partial charge in [0.2, 0.25) is 5.91 Å². The summed E-state index contributed by atoms with van der Waals surface area (Å²) < 4.78 is 0. The molecule has 5 rings (SSSR count). The molecule has 0 spiro atoms. The van der Waals surface area contributed by atoms with Crippen LogP contribution in [0.3, 0.4) is 0 Å². The number of hydrogen-bond acceptors (Lipinski definition) is 6. The summed E-state index contributed by atoms with van der Waals surface area (Å²) in [6.45, 7) is 3.53. The molecule has 2 N–H and O–H groups in total. The van der Waals surface area contributed by atoms with E-state index in [1.165, 1.54) is 0 Å². The maximum atomic E-state index is 12.9. The number of aryl methyl sites for hydroxylation is 2. The Morgan fingerprint density at radius 3 is 2.97 bits per heavy atom. The number of nitrogens with one attached hydrogen (secondary N) is 1. The van der Waals surface area contributed by atoms with Crippen LogP contribution < -0.4 is 4.90 Å². The molecule has 8 nitrogen and oxygen atoms in total. The summed E-state index contributed by atoms with van der Waals surface area (Å²) in [7, 11) is 1.78. The van der Waals surface area contributed by atoms with Crippen molar-refractivity contribution in [1.29, 1.82) is 0 Å². The number of benzene rings is 1. The van der Waals surface area contributed by atoms with E-state index in [9.17, 15) is 9.90 Å². The van der Waals surface area contributed by atoms with Crippen LogP contribution in [0.4, 0.5) is 5.69 Å². The molecule has 8 heteroatoms. The average molecular weight is 459 g/mol. The van der Waals surface area contributed by atoms with Crippen molar-refractivity contribution < 1.29 is 9.90 Å². The number of pyridine rings is 2. The normalized spacial score (nSPS) is 18.5. The number of hydrogen-bond donors (Lipinski definition) is 2.